The van der Waals surface area contributed by atoms with E-state index in [1.54, 1.807) is 6.92 Å². The summed E-state index contributed by atoms with van der Waals surface area (Å²) in [5.74, 6) is -0.603. The smallest absolute Gasteiger partial charge is 0.333 e. The van der Waals surface area contributed by atoms with E-state index in [0.717, 1.165) is 34.3 Å². The molecule has 1 atom stereocenters. The first-order valence-electron chi connectivity index (χ1n) is 13.2. The van der Waals surface area contributed by atoms with Gasteiger partial charge in [0.2, 0.25) is 0 Å². The third-order valence-electron chi connectivity index (χ3n) is 6.22. The molecular weight excluding hydrogens is 514 g/mol. The number of para-hydroxylation sites is 1. The minimum atomic E-state index is -0.794. The highest BCUT2D eigenvalue weighted by molar-refractivity contribution is 5.87. The van der Waals surface area contributed by atoms with Crippen molar-refractivity contribution < 1.29 is 23.8 Å². The van der Waals surface area contributed by atoms with Crippen LogP contribution in [-0.2, 0) is 19.1 Å². The number of nitrogens with zero attached hydrogens (tertiary/aromatic N) is 1. The quantitative estimate of drug-likeness (QED) is 0.134. The van der Waals surface area contributed by atoms with Gasteiger partial charge in [0.25, 0.3) is 0 Å². The van der Waals surface area contributed by atoms with Crippen molar-refractivity contribution in [2.75, 3.05) is 18.1 Å². The zero-order valence-electron chi connectivity index (χ0n) is 23.3. The summed E-state index contributed by atoms with van der Waals surface area (Å²) in [4.78, 5) is 25.7. The Bertz CT molecular complexity index is 1490. The van der Waals surface area contributed by atoms with E-state index in [1.165, 1.54) is 5.56 Å². The number of aryl methyl sites for hydroxylation is 1. The summed E-state index contributed by atoms with van der Waals surface area (Å²) in [5, 5.41) is 0. The number of ether oxygens (including phenoxy) is 3. The summed E-state index contributed by atoms with van der Waals surface area (Å²) in [6.45, 7) is 10.4. The van der Waals surface area contributed by atoms with Crippen LogP contribution in [0, 0.1) is 6.92 Å². The molecule has 0 aliphatic carbocycles. The van der Waals surface area contributed by atoms with Crippen molar-refractivity contribution in [2.45, 2.75) is 20.0 Å². The van der Waals surface area contributed by atoms with Crippen LogP contribution in [0.4, 0.5) is 17.1 Å². The van der Waals surface area contributed by atoms with E-state index in [2.05, 4.69) is 85.6 Å². The highest BCUT2D eigenvalue weighted by Gasteiger charge is 2.17. The molecule has 4 rings (SSSR count). The molecule has 6 nitrogen and oxygen atoms in total. The van der Waals surface area contributed by atoms with Crippen LogP contribution in [0.5, 0.6) is 5.75 Å². The van der Waals surface area contributed by atoms with Gasteiger partial charge < -0.3 is 19.1 Å². The lowest BCUT2D eigenvalue weighted by Crippen LogP contribution is -2.30. The Labute approximate surface area is 241 Å². The Morgan fingerprint density at radius 3 is 2.02 bits per heavy atom. The van der Waals surface area contributed by atoms with Crippen LogP contribution in [0.25, 0.3) is 11.1 Å². The summed E-state index contributed by atoms with van der Waals surface area (Å²) in [5.41, 5.74) is 6.76. The minimum Gasteiger partial charge on any atom is -0.490 e. The van der Waals surface area contributed by atoms with Crippen molar-refractivity contribution in [1.82, 2.24) is 0 Å². The standard InChI is InChI=1S/C35H33NO5/c1-5-34(37)41-33(24-40-35(38)25(2)3)23-39-32-20-16-28(17-21-32)27-14-18-30(19-15-27)36(29-11-7-6-8-12-29)31-13-9-10-26(4)22-31/h5-22,33H,1-2,23-24H2,3-4H3. The summed E-state index contributed by atoms with van der Waals surface area (Å²) < 4.78 is 16.2. The van der Waals surface area contributed by atoms with E-state index in [-0.39, 0.29) is 18.8 Å². The first-order valence-corrected chi connectivity index (χ1v) is 13.2. The number of hydrogen-bond donors (Lipinski definition) is 0. The maximum Gasteiger partial charge on any atom is 0.333 e. The summed E-state index contributed by atoms with van der Waals surface area (Å²) in [6, 6.07) is 34.8. The van der Waals surface area contributed by atoms with Crippen LogP contribution < -0.4 is 9.64 Å². The monoisotopic (exact) mass is 547 g/mol. The van der Waals surface area contributed by atoms with Crippen LogP contribution in [0.15, 0.2) is 128 Å². The molecule has 4 aromatic rings. The minimum absolute atomic E-state index is 0.00533. The topological polar surface area (TPSA) is 65.1 Å². The molecule has 0 spiro atoms. The highest BCUT2D eigenvalue weighted by Crippen LogP contribution is 2.35. The maximum absolute atomic E-state index is 11.7. The molecule has 0 radical (unpaired) electrons. The lowest BCUT2D eigenvalue weighted by atomic mass is 10.0. The van der Waals surface area contributed by atoms with Crippen molar-refractivity contribution in [3.05, 3.63) is 133 Å². The van der Waals surface area contributed by atoms with Crippen LogP contribution in [-0.4, -0.2) is 31.3 Å². The summed E-state index contributed by atoms with van der Waals surface area (Å²) >= 11 is 0. The SMILES string of the molecule is C=CC(=O)OC(COC(=O)C(=C)C)COc1ccc(-c2ccc(N(c3ccccc3)c3cccc(C)c3)cc2)cc1. The predicted octanol–water partition coefficient (Wildman–Crippen LogP) is 7.73. The number of benzene rings is 4. The van der Waals surface area contributed by atoms with E-state index in [4.69, 9.17) is 14.2 Å². The number of anilines is 3. The van der Waals surface area contributed by atoms with Gasteiger partial charge in [0.15, 0.2) is 6.10 Å². The molecule has 0 N–H and O–H groups in total. The number of esters is 2. The molecule has 0 amide bonds. The molecule has 1 unspecified atom stereocenters. The molecule has 0 aromatic heterocycles. The largest absolute Gasteiger partial charge is 0.490 e. The van der Waals surface area contributed by atoms with Gasteiger partial charge in [0.05, 0.1) is 0 Å². The van der Waals surface area contributed by atoms with E-state index >= 15 is 0 Å². The second-order valence-electron chi connectivity index (χ2n) is 9.53. The number of carbonyl (C=O) groups is 2. The molecule has 0 saturated carbocycles. The lowest BCUT2D eigenvalue weighted by molar-refractivity contribution is -0.154. The predicted molar refractivity (Wildman–Crippen MR) is 163 cm³/mol. The second-order valence-corrected chi connectivity index (χ2v) is 9.53. The first-order chi connectivity index (χ1) is 19.8. The van der Waals surface area contributed by atoms with Crippen LogP contribution >= 0.6 is 0 Å². The van der Waals surface area contributed by atoms with Crippen molar-refractivity contribution in [3.63, 3.8) is 0 Å². The number of carbonyl (C=O) groups excluding carboxylic acids is 2. The summed E-state index contributed by atoms with van der Waals surface area (Å²) in [7, 11) is 0. The van der Waals surface area contributed by atoms with E-state index < -0.39 is 18.0 Å². The van der Waals surface area contributed by atoms with Crippen LogP contribution in [0.2, 0.25) is 0 Å². The number of rotatable bonds is 12. The van der Waals surface area contributed by atoms with Gasteiger partial charge >= 0.3 is 11.9 Å². The molecule has 0 heterocycles. The van der Waals surface area contributed by atoms with Gasteiger partial charge in [-0.2, -0.15) is 0 Å². The molecule has 6 heteroatoms. The average molecular weight is 548 g/mol. The Morgan fingerprint density at radius 1 is 0.805 bits per heavy atom. The molecule has 0 fully saturated rings. The lowest BCUT2D eigenvalue weighted by Gasteiger charge is -2.26. The molecule has 41 heavy (non-hydrogen) atoms. The Kier molecular flexibility index (Phi) is 9.73. The normalized spacial score (nSPS) is 11.2. The second kappa shape index (κ2) is 13.8. The van der Waals surface area contributed by atoms with E-state index in [1.807, 2.05) is 42.5 Å². The van der Waals surface area contributed by atoms with Gasteiger partial charge in [0.1, 0.15) is 19.0 Å². The molecule has 0 saturated heterocycles. The molecule has 208 valence electrons. The van der Waals surface area contributed by atoms with Crippen LogP contribution in [0.1, 0.15) is 12.5 Å². The van der Waals surface area contributed by atoms with Crippen molar-refractivity contribution in [3.8, 4) is 16.9 Å². The highest BCUT2D eigenvalue weighted by atomic mass is 16.6. The van der Waals surface area contributed by atoms with Gasteiger partial charge in [-0.1, -0.05) is 67.8 Å². The molecule has 4 aromatic carbocycles. The summed E-state index contributed by atoms with van der Waals surface area (Å²) in [6.07, 6.45) is 0.255. The Hall–Kier alpha value is -5.10. The molecule has 0 bridgehead atoms. The van der Waals surface area contributed by atoms with Gasteiger partial charge in [0, 0.05) is 28.7 Å². The first kappa shape index (κ1) is 28.9. The molecule has 0 aliphatic heterocycles. The van der Waals surface area contributed by atoms with Crippen molar-refractivity contribution in [1.29, 1.82) is 0 Å². The fourth-order valence-electron chi connectivity index (χ4n) is 4.15. The average Bonchev–Trinajstić information content (AvgIpc) is 2.99. The van der Waals surface area contributed by atoms with Gasteiger partial charge in [-0.25, -0.2) is 9.59 Å². The number of hydrogen-bond acceptors (Lipinski definition) is 6. The molecular formula is C35H33NO5. The van der Waals surface area contributed by atoms with Gasteiger partial charge in [-0.3, -0.25) is 0 Å². The van der Waals surface area contributed by atoms with E-state index in [9.17, 15) is 9.59 Å². The van der Waals surface area contributed by atoms with Gasteiger partial charge in [-0.15, -0.1) is 0 Å². The Balaban J connectivity index is 1.46. The zero-order chi connectivity index (χ0) is 29.2. The van der Waals surface area contributed by atoms with Crippen molar-refractivity contribution in [2.24, 2.45) is 0 Å². The van der Waals surface area contributed by atoms with E-state index in [0.29, 0.717) is 5.75 Å². The van der Waals surface area contributed by atoms with Crippen LogP contribution in [0.3, 0.4) is 0 Å². The molecule has 0 aliphatic rings. The van der Waals surface area contributed by atoms with Gasteiger partial charge in [-0.05, 0) is 79.1 Å². The zero-order valence-corrected chi connectivity index (χ0v) is 23.3. The third-order valence-corrected chi connectivity index (χ3v) is 6.22. The fourth-order valence-corrected chi connectivity index (χ4v) is 4.15. The fraction of sp³-hybridized carbons (Fsp3) is 0.143. The maximum atomic E-state index is 11.7. The Morgan fingerprint density at radius 2 is 1.41 bits per heavy atom. The van der Waals surface area contributed by atoms with Crippen molar-refractivity contribution >= 4 is 29.0 Å². The third kappa shape index (κ3) is 7.96.